The molecule has 1 aromatic heterocycles. The number of nitrogens with zero attached hydrogens (tertiary/aromatic N) is 4. The number of thiocarbonyl (C=S) groups is 1. The molecule has 1 saturated heterocycles. The summed E-state index contributed by atoms with van der Waals surface area (Å²) >= 11 is 5.11. The highest BCUT2D eigenvalue weighted by molar-refractivity contribution is 7.80. The van der Waals surface area contributed by atoms with Gasteiger partial charge in [-0.1, -0.05) is 12.2 Å². The van der Waals surface area contributed by atoms with Crippen LogP contribution in [0.4, 0.5) is 10.3 Å². The highest BCUT2D eigenvalue weighted by Crippen LogP contribution is 2.19. The highest BCUT2D eigenvalue weighted by atomic mass is 32.1. The lowest BCUT2D eigenvalue weighted by Crippen LogP contribution is -2.59. The molecule has 1 aliphatic heterocycles. The lowest BCUT2D eigenvalue weighted by atomic mass is 10.0. The predicted molar refractivity (Wildman–Crippen MR) is 76.6 cm³/mol. The SMILES string of the molecule is CC(C)(C(N)=S)N1CCN(c2ncc(F)cn2)CC1. The van der Waals surface area contributed by atoms with Crippen LogP contribution in [0, 0.1) is 5.82 Å². The Kier molecular flexibility index (Phi) is 3.96. The van der Waals surface area contributed by atoms with Crippen LogP contribution in [0.5, 0.6) is 0 Å². The summed E-state index contributed by atoms with van der Waals surface area (Å²) in [6.07, 6.45) is 2.38. The fourth-order valence-corrected chi connectivity index (χ4v) is 2.22. The van der Waals surface area contributed by atoms with E-state index in [1.165, 1.54) is 12.4 Å². The maximum Gasteiger partial charge on any atom is 0.225 e. The number of nitrogens with two attached hydrogens (primary N) is 1. The number of halogens is 1. The fourth-order valence-electron chi connectivity index (χ4n) is 2.09. The Labute approximate surface area is 117 Å². The Morgan fingerprint density at radius 1 is 1.26 bits per heavy atom. The summed E-state index contributed by atoms with van der Waals surface area (Å²) in [5, 5.41) is 0. The molecule has 19 heavy (non-hydrogen) atoms. The van der Waals surface area contributed by atoms with Gasteiger partial charge in [-0.15, -0.1) is 0 Å². The Bertz CT molecular complexity index is 454. The molecule has 0 saturated carbocycles. The average molecular weight is 283 g/mol. The molecule has 2 rings (SSSR count). The minimum atomic E-state index is -0.419. The smallest absolute Gasteiger partial charge is 0.225 e. The maximum atomic E-state index is 12.8. The van der Waals surface area contributed by atoms with Gasteiger partial charge in [-0.2, -0.15) is 0 Å². The lowest BCUT2D eigenvalue weighted by Gasteiger charge is -2.43. The van der Waals surface area contributed by atoms with Gasteiger partial charge in [0.2, 0.25) is 5.95 Å². The number of anilines is 1. The van der Waals surface area contributed by atoms with E-state index in [0.29, 0.717) is 10.9 Å². The van der Waals surface area contributed by atoms with E-state index in [0.717, 1.165) is 26.2 Å². The minimum Gasteiger partial charge on any atom is -0.392 e. The van der Waals surface area contributed by atoms with Crippen LogP contribution in [0.1, 0.15) is 13.8 Å². The molecule has 0 spiro atoms. The Balaban J connectivity index is 1.99. The van der Waals surface area contributed by atoms with Gasteiger partial charge in [-0.3, -0.25) is 4.90 Å². The zero-order chi connectivity index (χ0) is 14.0. The van der Waals surface area contributed by atoms with Gasteiger partial charge in [0, 0.05) is 26.2 Å². The van der Waals surface area contributed by atoms with E-state index in [1.807, 2.05) is 18.7 Å². The third kappa shape index (κ3) is 2.98. The molecular formula is C12H18FN5S. The van der Waals surface area contributed by atoms with Crippen molar-refractivity contribution in [3.05, 3.63) is 18.2 Å². The molecule has 1 fully saturated rings. The first-order valence-electron chi connectivity index (χ1n) is 6.18. The summed E-state index contributed by atoms with van der Waals surface area (Å²) in [7, 11) is 0. The van der Waals surface area contributed by atoms with Gasteiger partial charge >= 0.3 is 0 Å². The van der Waals surface area contributed by atoms with Crippen LogP contribution in [-0.2, 0) is 0 Å². The van der Waals surface area contributed by atoms with E-state index < -0.39 is 5.82 Å². The summed E-state index contributed by atoms with van der Waals surface area (Å²) in [5.41, 5.74) is 5.49. The zero-order valence-corrected chi connectivity index (χ0v) is 12.0. The van der Waals surface area contributed by atoms with E-state index in [2.05, 4.69) is 14.9 Å². The van der Waals surface area contributed by atoms with Crippen LogP contribution in [0.3, 0.4) is 0 Å². The van der Waals surface area contributed by atoms with Gasteiger partial charge < -0.3 is 10.6 Å². The van der Waals surface area contributed by atoms with Crippen LogP contribution >= 0.6 is 12.2 Å². The van der Waals surface area contributed by atoms with E-state index in [4.69, 9.17) is 18.0 Å². The molecule has 104 valence electrons. The van der Waals surface area contributed by atoms with Gasteiger partial charge in [0.05, 0.1) is 22.9 Å². The Hall–Kier alpha value is -1.34. The van der Waals surface area contributed by atoms with Crippen molar-refractivity contribution in [3.63, 3.8) is 0 Å². The second-order valence-corrected chi connectivity index (χ2v) is 5.54. The van der Waals surface area contributed by atoms with Gasteiger partial charge in [0.1, 0.15) is 0 Å². The number of rotatable bonds is 3. The summed E-state index contributed by atoms with van der Waals surface area (Å²) in [6, 6.07) is 0. The van der Waals surface area contributed by atoms with Crippen LogP contribution in [0.2, 0.25) is 0 Å². The summed E-state index contributed by atoms with van der Waals surface area (Å²) in [4.78, 5) is 12.8. The molecule has 0 aromatic carbocycles. The largest absolute Gasteiger partial charge is 0.392 e. The maximum absolute atomic E-state index is 12.8. The molecule has 2 N–H and O–H groups in total. The first-order valence-corrected chi connectivity index (χ1v) is 6.59. The molecule has 0 amide bonds. The van der Waals surface area contributed by atoms with Crippen molar-refractivity contribution < 1.29 is 4.39 Å². The van der Waals surface area contributed by atoms with E-state index in [-0.39, 0.29) is 5.54 Å². The van der Waals surface area contributed by atoms with E-state index >= 15 is 0 Å². The van der Waals surface area contributed by atoms with Crippen LogP contribution in [0.15, 0.2) is 12.4 Å². The van der Waals surface area contributed by atoms with Gasteiger partial charge in [0.25, 0.3) is 0 Å². The number of piperazine rings is 1. The van der Waals surface area contributed by atoms with Gasteiger partial charge in [0.15, 0.2) is 5.82 Å². The highest BCUT2D eigenvalue weighted by Gasteiger charge is 2.32. The third-order valence-corrected chi connectivity index (χ3v) is 4.06. The van der Waals surface area contributed by atoms with Crippen LogP contribution in [-0.4, -0.2) is 51.6 Å². The topological polar surface area (TPSA) is 58.3 Å². The molecule has 0 aliphatic carbocycles. The van der Waals surface area contributed by atoms with E-state index in [9.17, 15) is 4.39 Å². The standard InChI is InChI=1S/C12H18FN5S/c1-12(2,10(14)19)18-5-3-17(4-6-18)11-15-7-9(13)8-16-11/h7-8H,3-6H2,1-2H3,(H2,14,19). The van der Waals surface area contributed by atoms with Crippen molar-refractivity contribution in [1.29, 1.82) is 0 Å². The molecule has 0 unspecified atom stereocenters. The first kappa shape index (κ1) is 14.1. The average Bonchev–Trinajstić information content (AvgIpc) is 2.39. The molecule has 1 aliphatic rings. The van der Waals surface area contributed by atoms with Crippen LogP contribution in [0.25, 0.3) is 0 Å². The summed E-state index contributed by atoms with van der Waals surface area (Å²) < 4.78 is 12.8. The second kappa shape index (κ2) is 5.34. The fraction of sp³-hybridized carbons (Fsp3) is 0.583. The lowest BCUT2D eigenvalue weighted by molar-refractivity contribution is 0.167. The van der Waals surface area contributed by atoms with Crippen molar-refractivity contribution in [2.75, 3.05) is 31.1 Å². The number of aromatic nitrogens is 2. The second-order valence-electron chi connectivity index (χ2n) is 5.10. The first-order chi connectivity index (χ1) is 8.91. The van der Waals surface area contributed by atoms with Crippen molar-refractivity contribution >= 4 is 23.2 Å². The zero-order valence-electron chi connectivity index (χ0n) is 11.1. The summed E-state index contributed by atoms with van der Waals surface area (Å²) in [5.74, 6) is 0.145. The third-order valence-electron chi connectivity index (χ3n) is 3.56. The van der Waals surface area contributed by atoms with Crippen LogP contribution < -0.4 is 10.6 Å². The molecule has 0 bridgehead atoms. The predicted octanol–water partition coefficient (Wildman–Crippen LogP) is 0.802. The normalized spacial score (nSPS) is 17.5. The van der Waals surface area contributed by atoms with Crippen molar-refractivity contribution in [3.8, 4) is 0 Å². The molecule has 2 heterocycles. The Morgan fingerprint density at radius 3 is 2.26 bits per heavy atom. The molecular weight excluding hydrogens is 265 g/mol. The Morgan fingerprint density at radius 2 is 1.79 bits per heavy atom. The molecule has 0 radical (unpaired) electrons. The molecule has 5 nitrogen and oxygen atoms in total. The number of hydrogen-bond acceptors (Lipinski definition) is 5. The van der Waals surface area contributed by atoms with Crippen molar-refractivity contribution in [2.24, 2.45) is 5.73 Å². The van der Waals surface area contributed by atoms with Crippen molar-refractivity contribution in [1.82, 2.24) is 14.9 Å². The minimum absolute atomic E-state index is 0.287. The molecule has 0 atom stereocenters. The van der Waals surface area contributed by atoms with E-state index in [1.54, 1.807) is 0 Å². The van der Waals surface area contributed by atoms with Crippen molar-refractivity contribution in [2.45, 2.75) is 19.4 Å². The molecule has 7 heteroatoms. The monoisotopic (exact) mass is 283 g/mol. The quantitative estimate of drug-likeness (QED) is 0.828. The van der Waals surface area contributed by atoms with Gasteiger partial charge in [-0.05, 0) is 13.8 Å². The molecule has 1 aromatic rings. The number of hydrogen-bond donors (Lipinski definition) is 1. The summed E-state index contributed by atoms with van der Waals surface area (Å²) in [6.45, 7) is 7.25. The van der Waals surface area contributed by atoms with Gasteiger partial charge in [-0.25, -0.2) is 14.4 Å².